The number of carbonyl (C=O) groups excluding carboxylic acids is 1. The number of alkyl halides is 4. The Morgan fingerprint density at radius 1 is 1.57 bits per heavy atom. The van der Waals surface area contributed by atoms with Gasteiger partial charge in [0, 0.05) is 13.2 Å². The van der Waals surface area contributed by atoms with Crippen LogP contribution in [0.1, 0.15) is 10.5 Å². The number of rotatable bonds is 3. The van der Waals surface area contributed by atoms with E-state index in [0.29, 0.717) is 0 Å². The van der Waals surface area contributed by atoms with E-state index in [4.69, 9.17) is 0 Å². The number of nitrogens with zero attached hydrogens (tertiary/aromatic N) is 2. The van der Waals surface area contributed by atoms with Crippen LogP contribution in [0, 0.1) is 0 Å². The highest BCUT2D eigenvalue weighted by atomic mass is 19.3. The topological polar surface area (TPSA) is 34.9 Å². The molecule has 0 saturated heterocycles. The minimum absolute atomic E-state index is 0.669. The van der Waals surface area contributed by atoms with Gasteiger partial charge in [-0.15, -0.1) is 0 Å². The summed E-state index contributed by atoms with van der Waals surface area (Å²) in [5, 5.41) is 0. The first kappa shape index (κ1) is 10.7. The zero-order valence-corrected chi connectivity index (χ0v) is 7.05. The Bertz CT molecular complexity index is 347. The molecule has 1 aromatic heterocycles. The highest BCUT2D eigenvalue weighted by molar-refractivity contribution is 5.99. The second-order valence-corrected chi connectivity index (χ2v) is 2.68. The van der Waals surface area contributed by atoms with Gasteiger partial charge in [-0.1, -0.05) is 0 Å². The normalized spacial score (nSPS) is 12.1. The van der Waals surface area contributed by atoms with Crippen LogP contribution in [0.25, 0.3) is 0 Å². The minimum Gasteiger partial charge on any atom is -0.340 e. The van der Waals surface area contributed by atoms with Crippen LogP contribution in [-0.4, -0.2) is 27.7 Å². The third-order valence-corrected chi connectivity index (χ3v) is 1.51. The molecule has 1 rings (SSSR count). The largest absolute Gasteiger partial charge is 0.370 e. The molecule has 0 spiro atoms. The Balaban J connectivity index is 2.96. The maximum atomic E-state index is 12.5. The molecule has 0 atom stereocenters. The van der Waals surface area contributed by atoms with Crippen molar-refractivity contribution in [3.63, 3.8) is 0 Å². The van der Waals surface area contributed by atoms with E-state index in [0.717, 1.165) is 12.5 Å². The third-order valence-electron chi connectivity index (χ3n) is 1.51. The molecule has 0 aliphatic rings. The second-order valence-electron chi connectivity index (χ2n) is 2.68. The third kappa shape index (κ3) is 1.75. The average Bonchev–Trinajstić information content (AvgIpc) is 2.50. The van der Waals surface area contributed by atoms with E-state index < -0.39 is 23.8 Å². The Morgan fingerprint density at radius 3 is 2.50 bits per heavy atom. The van der Waals surface area contributed by atoms with Crippen LogP contribution in [0.4, 0.5) is 17.6 Å². The van der Waals surface area contributed by atoms with Gasteiger partial charge < -0.3 is 4.57 Å². The zero-order chi connectivity index (χ0) is 10.9. The van der Waals surface area contributed by atoms with Crippen LogP contribution >= 0.6 is 0 Å². The Hall–Kier alpha value is -1.40. The van der Waals surface area contributed by atoms with E-state index in [1.807, 2.05) is 0 Å². The van der Waals surface area contributed by atoms with Crippen LogP contribution in [0.5, 0.6) is 0 Å². The molecule has 0 fully saturated rings. The maximum absolute atomic E-state index is 12.5. The summed E-state index contributed by atoms with van der Waals surface area (Å²) >= 11 is 0. The second kappa shape index (κ2) is 3.39. The number of aromatic nitrogens is 2. The van der Waals surface area contributed by atoms with Crippen LogP contribution in [0.2, 0.25) is 0 Å². The Kier molecular flexibility index (Phi) is 2.59. The maximum Gasteiger partial charge on any atom is 0.370 e. The zero-order valence-electron chi connectivity index (χ0n) is 7.05. The van der Waals surface area contributed by atoms with E-state index in [-0.39, 0.29) is 0 Å². The molecule has 1 aromatic rings. The fourth-order valence-electron chi connectivity index (χ4n) is 0.800. The fraction of sp³-hybridized carbons (Fsp3) is 0.429. The van der Waals surface area contributed by atoms with Crippen LogP contribution in [0.15, 0.2) is 12.5 Å². The lowest BCUT2D eigenvalue weighted by molar-refractivity contribution is -0.0960. The molecule has 0 N–H and O–H groups in total. The number of halogens is 4. The summed E-state index contributed by atoms with van der Waals surface area (Å²) < 4.78 is 49.7. The van der Waals surface area contributed by atoms with Gasteiger partial charge in [-0.2, -0.15) is 8.78 Å². The summed E-state index contributed by atoms with van der Waals surface area (Å²) in [5.41, 5.74) is -0.669. The first-order valence-corrected chi connectivity index (χ1v) is 3.54. The van der Waals surface area contributed by atoms with E-state index in [9.17, 15) is 22.4 Å². The Labute approximate surface area is 76.4 Å². The molecule has 7 heteroatoms. The highest BCUT2D eigenvalue weighted by Crippen LogP contribution is 2.26. The van der Waals surface area contributed by atoms with Gasteiger partial charge in [-0.25, -0.2) is 13.8 Å². The molecule has 0 saturated carbocycles. The molecular formula is C7H6F4N2O. The number of ketones is 1. The first-order valence-electron chi connectivity index (χ1n) is 3.54. The number of imidazole rings is 1. The lowest BCUT2D eigenvalue weighted by Crippen LogP contribution is -2.36. The van der Waals surface area contributed by atoms with Crippen molar-refractivity contribution in [2.45, 2.75) is 12.3 Å². The monoisotopic (exact) mass is 210 g/mol. The van der Waals surface area contributed by atoms with Gasteiger partial charge in [0.25, 0.3) is 5.78 Å². The summed E-state index contributed by atoms with van der Waals surface area (Å²) in [6, 6.07) is 0. The fourth-order valence-corrected chi connectivity index (χ4v) is 0.800. The van der Waals surface area contributed by atoms with Gasteiger partial charge in [-0.05, 0) is 0 Å². The smallest absolute Gasteiger partial charge is 0.340 e. The summed E-state index contributed by atoms with van der Waals surface area (Å²) in [6.07, 6.45) is -1.98. The van der Waals surface area contributed by atoms with Crippen LogP contribution in [0.3, 0.4) is 0 Å². The van der Waals surface area contributed by atoms with Crippen molar-refractivity contribution in [2.24, 2.45) is 7.05 Å². The van der Waals surface area contributed by atoms with Crippen LogP contribution in [-0.2, 0) is 7.05 Å². The molecule has 1 heterocycles. The number of aryl methyl sites for hydroxylation is 1. The summed E-state index contributed by atoms with van der Waals surface area (Å²) in [5.74, 6) is -6.64. The highest BCUT2D eigenvalue weighted by Gasteiger charge is 2.49. The number of hydrogen-bond acceptors (Lipinski definition) is 2. The lowest BCUT2D eigenvalue weighted by atomic mass is 10.2. The van der Waals surface area contributed by atoms with Crippen LogP contribution < -0.4 is 0 Å². The SMILES string of the molecule is Cn1cnc(C(=O)C(F)(F)C(F)F)c1. The van der Waals surface area contributed by atoms with Crippen molar-refractivity contribution in [2.75, 3.05) is 0 Å². The molecule has 0 aliphatic carbocycles. The van der Waals surface area contributed by atoms with Gasteiger partial charge >= 0.3 is 12.3 Å². The van der Waals surface area contributed by atoms with Crippen molar-refractivity contribution in [1.82, 2.24) is 9.55 Å². The van der Waals surface area contributed by atoms with E-state index in [1.165, 1.54) is 11.6 Å². The average molecular weight is 210 g/mol. The van der Waals surface area contributed by atoms with Crippen molar-refractivity contribution in [3.05, 3.63) is 18.2 Å². The molecule has 0 bridgehead atoms. The standard InChI is InChI=1S/C7H6F4N2O/c1-13-2-4(12-3-13)5(14)7(10,11)6(8)9/h2-3,6H,1H3. The number of carbonyl (C=O) groups is 1. The van der Waals surface area contributed by atoms with Gasteiger partial charge in [0.15, 0.2) is 0 Å². The summed E-state index contributed by atoms with van der Waals surface area (Å²) in [4.78, 5) is 14.1. The van der Waals surface area contributed by atoms with Crippen molar-refractivity contribution in [1.29, 1.82) is 0 Å². The minimum atomic E-state index is -4.67. The Morgan fingerprint density at radius 2 is 2.14 bits per heavy atom. The first-order chi connectivity index (χ1) is 6.35. The molecule has 0 radical (unpaired) electrons. The number of Topliss-reactive ketones (excluding diaryl/α,β-unsaturated/α-hetero) is 1. The molecule has 0 unspecified atom stereocenters. The summed E-state index contributed by atoms with van der Waals surface area (Å²) in [7, 11) is 1.43. The summed E-state index contributed by atoms with van der Waals surface area (Å²) in [6.45, 7) is 0. The quantitative estimate of drug-likeness (QED) is 0.559. The van der Waals surface area contributed by atoms with Crippen molar-refractivity contribution >= 4 is 5.78 Å². The molecule has 0 aromatic carbocycles. The van der Waals surface area contributed by atoms with Crippen molar-refractivity contribution < 1.29 is 22.4 Å². The molecule has 14 heavy (non-hydrogen) atoms. The van der Waals surface area contributed by atoms with Gasteiger partial charge in [0.1, 0.15) is 5.69 Å². The molecule has 0 amide bonds. The van der Waals surface area contributed by atoms with Crippen molar-refractivity contribution in [3.8, 4) is 0 Å². The molecule has 78 valence electrons. The van der Waals surface area contributed by atoms with E-state index >= 15 is 0 Å². The molecular weight excluding hydrogens is 204 g/mol. The van der Waals surface area contributed by atoms with E-state index in [2.05, 4.69) is 4.98 Å². The van der Waals surface area contributed by atoms with Gasteiger partial charge in [0.2, 0.25) is 0 Å². The predicted octanol–water partition coefficient (Wildman–Crippen LogP) is 1.50. The van der Waals surface area contributed by atoms with Gasteiger partial charge in [0.05, 0.1) is 6.33 Å². The number of hydrogen-bond donors (Lipinski definition) is 0. The molecule has 0 aliphatic heterocycles. The van der Waals surface area contributed by atoms with Gasteiger partial charge in [-0.3, -0.25) is 4.79 Å². The lowest BCUT2D eigenvalue weighted by Gasteiger charge is -2.11. The molecule has 3 nitrogen and oxygen atoms in total. The van der Waals surface area contributed by atoms with E-state index in [1.54, 1.807) is 0 Å². The predicted molar refractivity (Wildman–Crippen MR) is 38.5 cm³/mol.